The fourth-order valence-corrected chi connectivity index (χ4v) is 5.09. The molecule has 0 N–H and O–H groups in total. The molecule has 39 heavy (non-hydrogen) atoms. The molecule has 1 aliphatic carbocycles. The van der Waals surface area contributed by atoms with Gasteiger partial charge in [-0.3, -0.25) is 4.98 Å². The van der Waals surface area contributed by atoms with E-state index in [1.54, 1.807) is 18.2 Å². The van der Waals surface area contributed by atoms with Gasteiger partial charge in [-0.1, -0.05) is 47.5 Å². The van der Waals surface area contributed by atoms with Crippen LogP contribution in [0.1, 0.15) is 30.1 Å². The number of sulfone groups is 1. The van der Waals surface area contributed by atoms with Crippen molar-refractivity contribution < 1.29 is 36.2 Å². The molecule has 0 bridgehead atoms. The van der Waals surface area contributed by atoms with Crippen LogP contribution in [0.25, 0.3) is 0 Å². The zero-order valence-electron chi connectivity index (χ0n) is 20.3. The van der Waals surface area contributed by atoms with E-state index >= 15 is 0 Å². The Morgan fingerprint density at radius 3 is 2.38 bits per heavy atom. The fourth-order valence-electron chi connectivity index (χ4n) is 3.58. The Bertz CT molecular complexity index is 1430. The van der Waals surface area contributed by atoms with E-state index < -0.39 is 28.5 Å². The third kappa shape index (κ3) is 8.14. The van der Waals surface area contributed by atoms with Crippen LogP contribution in [0.2, 0.25) is 10.0 Å². The van der Waals surface area contributed by atoms with Gasteiger partial charge in [0.15, 0.2) is 21.3 Å². The first-order chi connectivity index (χ1) is 18.6. The van der Waals surface area contributed by atoms with E-state index in [9.17, 15) is 22.0 Å². The van der Waals surface area contributed by atoms with Crippen LogP contribution in [0, 0.1) is 5.92 Å². The molecule has 1 heterocycles. The van der Waals surface area contributed by atoms with Crippen LogP contribution < -0.4 is 9.47 Å². The highest BCUT2D eigenvalue weighted by molar-refractivity contribution is 7.94. The van der Waals surface area contributed by atoms with Crippen molar-refractivity contribution in [1.82, 2.24) is 4.98 Å². The van der Waals surface area contributed by atoms with Crippen LogP contribution >= 0.6 is 23.2 Å². The highest BCUT2D eigenvalue weighted by Gasteiger charge is 2.25. The minimum atomic E-state index is -3.90. The minimum Gasteiger partial charge on any atom is -0.489 e. The average molecular weight is 598 g/mol. The number of hydrogen-bond donors (Lipinski definition) is 0. The summed E-state index contributed by atoms with van der Waals surface area (Å²) in [7, 11) is -3.90. The van der Waals surface area contributed by atoms with Gasteiger partial charge in [-0.2, -0.15) is 8.78 Å². The molecule has 3 aromatic rings. The van der Waals surface area contributed by atoms with Crippen molar-refractivity contribution in [3.63, 3.8) is 0 Å². The lowest BCUT2D eigenvalue weighted by atomic mass is 10.0. The predicted octanol–water partition coefficient (Wildman–Crippen LogP) is 6.59. The summed E-state index contributed by atoms with van der Waals surface area (Å²) in [5.74, 6) is -0.759. The normalized spacial score (nSPS) is 14.4. The van der Waals surface area contributed by atoms with Crippen LogP contribution in [0.5, 0.6) is 11.5 Å². The molecule has 0 unspecified atom stereocenters. The maximum Gasteiger partial charge on any atom is 0.387 e. The molecule has 1 fully saturated rings. The summed E-state index contributed by atoms with van der Waals surface area (Å²) in [6.45, 7) is -2.76. The summed E-state index contributed by atoms with van der Waals surface area (Å²) in [5.41, 5.74) is 0.777. The van der Waals surface area contributed by atoms with E-state index in [4.69, 9.17) is 32.7 Å². The summed E-state index contributed by atoms with van der Waals surface area (Å²) in [6, 6.07) is 11.7. The monoisotopic (exact) mass is 597 g/mol. The first-order valence-corrected chi connectivity index (χ1v) is 14.1. The Balaban J connectivity index is 1.63. The van der Waals surface area contributed by atoms with Gasteiger partial charge in [0.25, 0.3) is 0 Å². The van der Waals surface area contributed by atoms with Crippen LogP contribution in [0.15, 0.2) is 77.3 Å². The summed E-state index contributed by atoms with van der Waals surface area (Å²) in [6.07, 6.45) is 4.41. The Hall–Kier alpha value is -3.21. The number of alkyl halides is 2. The Labute approximate surface area is 234 Å². The molecule has 1 aliphatic rings. The number of aromatic nitrogens is 1. The molecule has 0 saturated heterocycles. The minimum absolute atomic E-state index is 0.00743. The zero-order chi connectivity index (χ0) is 28.0. The van der Waals surface area contributed by atoms with Gasteiger partial charge in [0.2, 0.25) is 0 Å². The van der Waals surface area contributed by atoms with Gasteiger partial charge >= 0.3 is 12.6 Å². The van der Waals surface area contributed by atoms with E-state index in [-0.39, 0.29) is 32.9 Å². The molecular formula is C27H23Cl2F2NO6S. The molecule has 1 aromatic heterocycles. The number of benzene rings is 2. The van der Waals surface area contributed by atoms with Crippen LogP contribution in [-0.4, -0.2) is 32.6 Å². The molecule has 4 rings (SSSR count). The largest absolute Gasteiger partial charge is 0.489 e. The van der Waals surface area contributed by atoms with Crippen LogP contribution in [0.4, 0.5) is 8.78 Å². The van der Waals surface area contributed by atoms with Crippen LogP contribution in [0.3, 0.4) is 0 Å². The van der Waals surface area contributed by atoms with Crippen molar-refractivity contribution in [1.29, 1.82) is 0 Å². The second kappa shape index (κ2) is 12.8. The number of nitrogens with zero attached hydrogens (tertiary/aromatic N) is 1. The van der Waals surface area contributed by atoms with E-state index in [0.717, 1.165) is 24.3 Å². The first kappa shape index (κ1) is 28.8. The lowest BCUT2D eigenvalue weighted by Gasteiger charge is -2.21. The Morgan fingerprint density at radius 2 is 1.74 bits per heavy atom. The molecule has 7 nitrogen and oxygen atoms in total. The molecule has 12 heteroatoms. The van der Waals surface area contributed by atoms with Gasteiger partial charge < -0.3 is 14.2 Å². The molecule has 2 aromatic carbocycles. The number of carbonyl (C=O) groups is 1. The SMILES string of the molecule is O=C(C=CS(=O)(=O)c1ccccc1)O[C@@H](Cc1c(Cl)cncc1Cl)c1ccc(OC(F)F)c(OCC2CC2)c1. The number of halogens is 4. The highest BCUT2D eigenvalue weighted by atomic mass is 35.5. The molecule has 1 atom stereocenters. The van der Waals surface area contributed by atoms with Crippen molar-refractivity contribution in [3.8, 4) is 11.5 Å². The molecule has 0 radical (unpaired) electrons. The van der Waals surface area contributed by atoms with E-state index in [2.05, 4.69) is 9.72 Å². The topological polar surface area (TPSA) is 91.8 Å². The lowest BCUT2D eigenvalue weighted by molar-refractivity contribution is -0.143. The summed E-state index contributed by atoms with van der Waals surface area (Å²) in [5, 5.41) is 1.18. The smallest absolute Gasteiger partial charge is 0.387 e. The number of rotatable bonds is 12. The standard InChI is InChI=1S/C27H23Cl2F2NO6S/c28-21-14-32-15-22(29)20(21)13-24(37-26(33)10-11-39(34,35)19-4-2-1-3-5-19)18-8-9-23(38-27(30)31)25(12-18)36-16-17-6-7-17/h1-5,8-12,14-15,17,24,27H,6-7,13,16H2/t24-/m0/s1. The summed E-state index contributed by atoms with van der Waals surface area (Å²) >= 11 is 12.6. The number of esters is 1. The van der Waals surface area contributed by atoms with Crippen molar-refractivity contribution in [2.75, 3.05) is 6.61 Å². The summed E-state index contributed by atoms with van der Waals surface area (Å²) in [4.78, 5) is 16.7. The molecule has 0 aliphatic heterocycles. The quantitative estimate of drug-likeness (QED) is 0.172. The number of ether oxygens (including phenoxy) is 3. The van der Waals surface area contributed by atoms with Crippen LogP contribution in [-0.2, 0) is 25.8 Å². The van der Waals surface area contributed by atoms with Gasteiger partial charge in [-0.15, -0.1) is 0 Å². The number of hydrogen-bond acceptors (Lipinski definition) is 7. The molecule has 206 valence electrons. The van der Waals surface area contributed by atoms with Crippen molar-refractivity contribution in [3.05, 3.63) is 93.6 Å². The summed E-state index contributed by atoms with van der Waals surface area (Å²) < 4.78 is 67.0. The molecule has 0 amide bonds. The Morgan fingerprint density at radius 1 is 1.05 bits per heavy atom. The van der Waals surface area contributed by atoms with E-state index in [1.807, 2.05) is 0 Å². The molecule has 0 spiro atoms. The van der Waals surface area contributed by atoms with Gasteiger partial charge in [-0.25, -0.2) is 13.2 Å². The third-order valence-corrected chi connectivity index (χ3v) is 7.86. The lowest BCUT2D eigenvalue weighted by Crippen LogP contribution is -2.14. The maximum atomic E-state index is 13.0. The number of pyridine rings is 1. The maximum absolute atomic E-state index is 13.0. The second-order valence-electron chi connectivity index (χ2n) is 8.71. The second-order valence-corrected chi connectivity index (χ2v) is 11.4. The van der Waals surface area contributed by atoms with Crippen molar-refractivity contribution in [2.45, 2.75) is 36.9 Å². The first-order valence-electron chi connectivity index (χ1n) is 11.8. The zero-order valence-corrected chi connectivity index (χ0v) is 22.6. The average Bonchev–Trinajstić information content (AvgIpc) is 3.73. The molecular weight excluding hydrogens is 575 g/mol. The number of carbonyl (C=O) groups excluding carboxylic acids is 1. The van der Waals surface area contributed by atoms with Gasteiger partial charge in [0, 0.05) is 30.3 Å². The van der Waals surface area contributed by atoms with E-state index in [1.165, 1.54) is 42.7 Å². The highest BCUT2D eigenvalue weighted by Crippen LogP contribution is 2.38. The predicted molar refractivity (Wildman–Crippen MR) is 141 cm³/mol. The fraction of sp³-hybridized carbons (Fsp3) is 0.259. The van der Waals surface area contributed by atoms with Crippen molar-refractivity contribution in [2.24, 2.45) is 5.92 Å². The van der Waals surface area contributed by atoms with E-state index in [0.29, 0.717) is 23.7 Å². The van der Waals surface area contributed by atoms with Gasteiger partial charge in [0.1, 0.15) is 6.10 Å². The van der Waals surface area contributed by atoms with Gasteiger partial charge in [0.05, 0.1) is 21.5 Å². The molecule has 1 saturated carbocycles. The Kier molecular flexibility index (Phi) is 9.42. The van der Waals surface area contributed by atoms with Crippen molar-refractivity contribution >= 4 is 39.0 Å². The third-order valence-electron chi connectivity index (χ3n) is 5.78. The van der Waals surface area contributed by atoms with Gasteiger partial charge in [-0.05, 0) is 54.2 Å².